The van der Waals surface area contributed by atoms with E-state index in [2.05, 4.69) is 15.2 Å². The predicted octanol–water partition coefficient (Wildman–Crippen LogP) is 1.53. The minimum absolute atomic E-state index is 0.246. The summed E-state index contributed by atoms with van der Waals surface area (Å²) in [4.78, 5) is 18.6. The van der Waals surface area contributed by atoms with Crippen LogP contribution in [0.5, 0.6) is 0 Å². The van der Waals surface area contributed by atoms with E-state index in [0.717, 1.165) is 11.4 Å². The average molecular weight is 329 g/mol. The van der Waals surface area contributed by atoms with Crippen LogP contribution in [0.25, 0.3) is 0 Å². The Hall–Kier alpha value is -2.25. The molecule has 1 aromatic carbocycles. The molecule has 128 valence electrons. The molecule has 2 aromatic rings. The zero-order valence-corrected chi connectivity index (χ0v) is 14.0. The highest BCUT2D eigenvalue weighted by Crippen LogP contribution is 2.27. The molecule has 0 aliphatic carbocycles. The number of nitrogens with one attached hydrogen (secondary N) is 1. The topological polar surface area (TPSA) is 97.1 Å². The van der Waals surface area contributed by atoms with Gasteiger partial charge < -0.3 is 10.5 Å². The normalized spacial score (nSPS) is 20.2. The van der Waals surface area contributed by atoms with Gasteiger partial charge in [-0.1, -0.05) is 44.2 Å². The number of hydrogen-bond acceptors (Lipinski definition) is 5. The van der Waals surface area contributed by atoms with E-state index in [1.165, 1.54) is 0 Å². The SMILES string of the molecule is CC(C)c1n[nH]c([C@@H]2CN([C@@H](C(N)=O)c3ccccc3)CCO2)n1. The first-order valence-electron chi connectivity index (χ1n) is 8.18. The highest BCUT2D eigenvalue weighted by molar-refractivity contribution is 5.81. The second-order valence-corrected chi connectivity index (χ2v) is 6.30. The van der Waals surface area contributed by atoms with Crippen LogP contribution < -0.4 is 5.73 Å². The maximum Gasteiger partial charge on any atom is 0.239 e. The fraction of sp³-hybridized carbons (Fsp3) is 0.471. The summed E-state index contributed by atoms with van der Waals surface area (Å²) in [7, 11) is 0. The van der Waals surface area contributed by atoms with E-state index in [0.29, 0.717) is 25.5 Å². The number of H-pyrrole nitrogens is 1. The minimum Gasteiger partial charge on any atom is -0.368 e. The van der Waals surface area contributed by atoms with Gasteiger partial charge in [-0.15, -0.1) is 0 Å². The van der Waals surface area contributed by atoms with Gasteiger partial charge in [0.1, 0.15) is 12.1 Å². The largest absolute Gasteiger partial charge is 0.368 e. The van der Waals surface area contributed by atoms with Crippen molar-refractivity contribution < 1.29 is 9.53 Å². The molecule has 0 bridgehead atoms. The molecule has 1 aromatic heterocycles. The molecule has 24 heavy (non-hydrogen) atoms. The summed E-state index contributed by atoms with van der Waals surface area (Å²) in [5, 5.41) is 7.18. The van der Waals surface area contributed by atoms with Gasteiger partial charge in [0, 0.05) is 19.0 Å². The highest BCUT2D eigenvalue weighted by atomic mass is 16.5. The third kappa shape index (κ3) is 3.47. The van der Waals surface area contributed by atoms with E-state index in [4.69, 9.17) is 10.5 Å². The first-order valence-corrected chi connectivity index (χ1v) is 8.18. The van der Waals surface area contributed by atoms with Crippen molar-refractivity contribution in [3.05, 3.63) is 47.5 Å². The number of amides is 1. The number of carbonyl (C=O) groups is 1. The van der Waals surface area contributed by atoms with Crippen molar-refractivity contribution in [2.75, 3.05) is 19.7 Å². The fourth-order valence-electron chi connectivity index (χ4n) is 2.95. The third-order valence-electron chi connectivity index (χ3n) is 4.19. The molecular formula is C17H23N5O2. The molecular weight excluding hydrogens is 306 g/mol. The van der Waals surface area contributed by atoms with Crippen molar-refractivity contribution in [3.63, 3.8) is 0 Å². The van der Waals surface area contributed by atoms with Crippen LogP contribution in [0.2, 0.25) is 0 Å². The molecule has 1 saturated heterocycles. The van der Waals surface area contributed by atoms with Crippen LogP contribution in [0.4, 0.5) is 0 Å². The van der Waals surface area contributed by atoms with Gasteiger partial charge in [0.05, 0.1) is 6.61 Å². The summed E-state index contributed by atoms with van der Waals surface area (Å²) in [5.74, 6) is 1.35. The predicted molar refractivity (Wildman–Crippen MR) is 89.1 cm³/mol. The highest BCUT2D eigenvalue weighted by Gasteiger charge is 2.32. The Morgan fingerprint density at radius 1 is 1.38 bits per heavy atom. The van der Waals surface area contributed by atoms with E-state index < -0.39 is 6.04 Å². The Morgan fingerprint density at radius 3 is 2.75 bits per heavy atom. The van der Waals surface area contributed by atoms with Crippen LogP contribution in [0, 0.1) is 0 Å². The summed E-state index contributed by atoms with van der Waals surface area (Å²) in [5.41, 5.74) is 6.56. The molecule has 3 rings (SSSR count). The fourth-order valence-corrected chi connectivity index (χ4v) is 2.95. The number of hydrogen-bond donors (Lipinski definition) is 2. The molecule has 1 aliphatic heterocycles. The third-order valence-corrected chi connectivity index (χ3v) is 4.19. The Labute approximate surface area is 141 Å². The van der Waals surface area contributed by atoms with E-state index in [-0.39, 0.29) is 17.9 Å². The molecule has 0 spiro atoms. The van der Waals surface area contributed by atoms with Gasteiger partial charge in [-0.2, -0.15) is 5.10 Å². The van der Waals surface area contributed by atoms with Crippen molar-refractivity contribution in [1.29, 1.82) is 0 Å². The second-order valence-electron chi connectivity index (χ2n) is 6.30. The zero-order chi connectivity index (χ0) is 17.1. The standard InChI is InChI=1S/C17H23N5O2/c1-11(2)16-19-17(21-20-16)13-10-22(8-9-24-13)14(15(18)23)12-6-4-3-5-7-12/h3-7,11,13-14H,8-10H2,1-2H3,(H2,18,23)(H,19,20,21)/t13-,14+/m0/s1. The van der Waals surface area contributed by atoms with Crippen LogP contribution in [0.15, 0.2) is 30.3 Å². The van der Waals surface area contributed by atoms with Gasteiger partial charge in [0.25, 0.3) is 0 Å². The van der Waals surface area contributed by atoms with Crippen molar-refractivity contribution >= 4 is 5.91 Å². The Kier molecular flexibility index (Phi) is 4.92. The van der Waals surface area contributed by atoms with E-state index in [1.807, 2.05) is 49.1 Å². The summed E-state index contributed by atoms with van der Waals surface area (Å²) in [6.07, 6.45) is -0.246. The van der Waals surface area contributed by atoms with Crippen LogP contribution in [-0.4, -0.2) is 45.7 Å². The summed E-state index contributed by atoms with van der Waals surface area (Å²) < 4.78 is 5.83. The van der Waals surface area contributed by atoms with Gasteiger partial charge in [-0.05, 0) is 5.56 Å². The molecule has 1 amide bonds. The smallest absolute Gasteiger partial charge is 0.239 e. The molecule has 2 heterocycles. The van der Waals surface area contributed by atoms with Gasteiger partial charge in [-0.25, -0.2) is 4.98 Å². The number of aromatic nitrogens is 3. The quantitative estimate of drug-likeness (QED) is 0.867. The molecule has 0 unspecified atom stereocenters. The van der Waals surface area contributed by atoms with Crippen LogP contribution in [0.3, 0.4) is 0 Å². The lowest BCUT2D eigenvalue weighted by molar-refractivity contribution is -0.127. The van der Waals surface area contributed by atoms with Crippen LogP contribution >= 0.6 is 0 Å². The molecule has 7 nitrogen and oxygen atoms in total. The molecule has 3 N–H and O–H groups in total. The van der Waals surface area contributed by atoms with Crippen molar-refractivity contribution in [2.45, 2.75) is 31.9 Å². The van der Waals surface area contributed by atoms with Crippen LogP contribution in [-0.2, 0) is 9.53 Å². The number of carbonyl (C=O) groups excluding carboxylic acids is 1. The maximum absolute atomic E-state index is 12.0. The van der Waals surface area contributed by atoms with Gasteiger partial charge in [0.15, 0.2) is 11.6 Å². The van der Waals surface area contributed by atoms with E-state index in [9.17, 15) is 4.79 Å². The van der Waals surface area contributed by atoms with Crippen molar-refractivity contribution in [2.24, 2.45) is 5.73 Å². The number of morpholine rings is 1. The zero-order valence-electron chi connectivity index (χ0n) is 14.0. The second kappa shape index (κ2) is 7.11. The summed E-state index contributed by atoms with van der Waals surface area (Å²) >= 11 is 0. The Morgan fingerprint density at radius 2 is 2.12 bits per heavy atom. The van der Waals surface area contributed by atoms with Crippen molar-refractivity contribution in [3.8, 4) is 0 Å². The number of primary amides is 1. The number of aromatic amines is 1. The number of nitrogens with zero attached hydrogens (tertiary/aromatic N) is 3. The molecule has 0 saturated carbocycles. The first-order chi connectivity index (χ1) is 11.6. The first kappa shape index (κ1) is 16.6. The minimum atomic E-state index is -0.468. The Bertz CT molecular complexity index is 685. The van der Waals surface area contributed by atoms with E-state index >= 15 is 0 Å². The van der Waals surface area contributed by atoms with Crippen molar-refractivity contribution in [1.82, 2.24) is 20.1 Å². The monoisotopic (exact) mass is 329 g/mol. The lowest BCUT2D eigenvalue weighted by Gasteiger charge is -2.36. The maximum atomic E-state index is 12.0. The number of rotatable bonds is 5. The van der Waals surface area contributed by atoms with Gasteiger partial charge in [0.2, 0.25) is 5.91 Å². The number of ether oxygens (including phenoxy) is 1. The lowest BCUT2D eigenvalue weighted by atomic mass is 10.0. The van der Waals surface area contributed by atoms with Crippen LogP contribution in [0.1, 0.15) is 49.1 Å². The number of benzene rings is 1. The molecule has 2 atom stereocenters. The van der Waals surface area contributed by atoms with Gasteiger partial charge in [-0.3, -0.25) is 14.8 Å². The Balaban J connectivity index is 1.79. The average Bonchev–Trinajstić information content (AvgIpc) is 3.06. The van der Waals surface area contributed by atoms with E-state index in [1.54, 1.807) is 0 Å². The molecule has 1 fully saturated rings. The van der Waals surface area contributed by atoms with Gasteiger partial charge >= 0.3 is 0 Å². The molecule has 0 radical (unpaired) electrons. The lowest BCUT2D eigenvalue weighted by Crippen LogP contribution is -2.45. The summed E-state index contributed by atoms with van der Waals surface area (Å²) in [6, 6.07) is 9.12. The summed E-state index contributed by atoms with van der Waals surface area (Å²) in [6.45, 7) is 5.78. The molecule has 1 aliphatic rings. The number of nitrogens with two attached hydrogens (primary N) is 1. The molecule has 7 heteroatoms.